The summed E-state index contributed by atoms with van der Waals surface area (Å²) in [5.41, 5.74) is -3.52. The zero-order valence-corrected chi connectivity index (χ0v) is 52.6. The summed E-state index contributed by atoms with van der Waals surface area (Å²) < 4.78 is 65.4. The van der Waals surface area contributed by atoms with E-state index in [0.717, 1.165) is 13.8 Å². The Hall–Kier alpha value is -6.54. The molecule has 2 amide bonds. The summed E-state index contributed by atoms with van der Waals surface area (Å²) in [6.45, 7) is 12.4. The normalized spacial score (nSPS) is 35.8. The van der Waals surface area contributed by atoms with Crippen LogP contribution in [0.5, 0.6) is 0 Å². The number of ketones is 1. The van der Waals surface area contributed by atoms with E-state index in [4.69, 9.17) is 57.8 Å². The van der Waals surface area contributed by atoms with Crippen molar-refractivity contribution < 1.29 is 121 Å². The van der Waals surface area contributed by atoms with Crippen LogP contribution in [0, 0.1) is 22.7 Å². The van der Waals surface area contributed by atoms with Gasteiger partial charge in [0.15, 0.2) is 30.1 Å². The molecule has 10 N–H and O–H groups in total. The summed E-state index contributed by atoms with van der Waals surface area (Å²) in [4.78, 5) is 115. The van der Waals surface area contributed by atoms with Gasteiger partial charge in [0.2, 0.25) is 12.0 Å². The minimum absolute atomic E-state index is 0.0102. The van der Waals surface area contributed by atoms with Crippen molar-refractivity contribution in [2.24, 2.45) is 28.4 Å². The molecule has 28 nitrogen and oxygen atoms in total. The largest absolute Gasteiger partial charge is 0.455 e. The second-order valence-electron chi connectivity index (χ2n) is 25.9. The molecule has 0 spiro atoms. The lowest BCUT2D eigenvalue weighted by Gasteiger charge is -2.67. The van der Waals surface area contributed by atoms with E-state index in [1.165, 1.54) is 66.0 Å². The second-order valence-corrected chi connectivity index (χ2v) is 25.9. The lowest BCUT2D eigenvalue weighted by Crippen LogP contribution is -2.82. The van der Waals surface area contributed by atoms with Crippen LogP contribution in [0.25, 0.3) is 0 Å². The number of methoxy groups -OCH3 is 1. The number of benzene rings is 2. The first-order valence-electron chi connectivity index (χ1n) is 30.2. The van der Waals surface area contributed by atoms with Gasteiger partial charge in [-0.1, -0.05) is 69.3 Å². The smallest absolute Gasteiger partial charge is 0.408 e. The third-order valence-electron chi connectivity index (χ3n) is 18.6. The fourth-order valence-electron chi connectivity index (χ4n) is 13.8. The Morgan fingerprint density at radius 2 is 1.46 bits per heavy atom. The number of amides is 2. The lowest BCUT2D eigenvalue weighted by atomic mass is 9.44. The van der Waals surface area contributed by atoms with Gasteiger partial charge in [0.05, 0.1) is 67.5 Å². The van der Waals surface area contributed by atoms with Gasteiger partial charge in [-0.3, -0.25) is 24.0 Å². The van der Waals surface area contributed by atoms with E-state index >= 15 is 9.59 Å². The molecule has 28 heteroatoms. The summed E-state index contributed by atoms with van der Waals surface area (Å²) in [5.74, 6) is -10.00. The number of nitrogens with two attached hydrogens (primary N) is 1. The molecule has 6 aliphatic rings. The number of carbonyl (C=O) groups is 8. The fourth-order valence-corrected chi connectivity index (χ4v) is 13.8. The Bertz CT molecular complexity index is 3050. The Morgan fingerprint density at radius 1 is 0.835 bits per heavy atom. The van der Waals surface area contributed by atoms with Gasteiger partial charge >= 0.3 is 35.9 Å². The summed E-state index contributed by atoms with van der Waals surface area (Å²) in [7, 11) is 1.27. The molecule has 5 fully saturated rings. The van der Waals surface area contributed by atoms with Crippen LogP contribution in [0.1, 0.15) is 117 Å². The van der Waals surface area contributed by atoms with Gasteiger partial charge in [-0.05, 0) is 63.5 Å². The van der Waals surface area contributed by atoms with Crippen LogP contribution in [0.15, 0.2) is 71.8 Å². The standard InChI is InChI=1S/C63H85N3O25/c1-29-35(25-63(80)53(89-54(77)34-20-16-13-17-21-34)51-61(10,38(71)24-39-62(51,28-82-39)90-32(4)70)52(76)49(83-31(3)69)42(29)60(63,8)9)84-55(78)50(44(33-18-14-12-15-19-33)66-58(79)91-59(5,6)7)87-41(73)23-22-40(72)65-45-46(74)30(2)36(26-67)85-57(45)88-48-37(27-68)86-56(81-11)43(64)47(48)75/h12-21,30,35-39,43-51,53,56-57,67-68,71,74-75,80H,22-28,64H2,1-11H3,(H,65,72)(H,66,79)/t30?,35-,36?,37?,38-,39+,43?,44?,45?,46?,47?,48?,49+,50?,51-,53?,56?,57?,61+,62+,63+/m0/s1. The highest BCUT2D eigenvalue weighted by atomic mass is 16.7. The quantitative estimate of drug-likeness (QED) is 0.0533. The number of hydrogen-bond acceptors (Lipinski definition) is 26. The molecule has 3 heterocycles. The monoisotopic (exact) mass is 1280 g/mol. The first-order chi connectivity index (χ1) is 42.7. The van der Waals surface area contributed by atoms with Crippen molar-refractivity contribution in [3.05, 3.63) is 82.9 Å². The van der Waals surface area contributed by atoms with Crippen LogP contribution in [-0.4, -0.2) is 214 Å². The van der Waals surface area contributed by atoms with Gasteiger partial charge in [0.1, 0.15) is 59.9 Å². The topological polar surface area (TPSA) is 410 Å². The van der Waals surface area contributed by atoms with Gasteiger partial charge in [0, 0.05) is 51.6 Å². The molecule has 91 heavy (non-hydrogen) atoms. The van der Waals surface area contributed by atoms with Crippen molar-refractivity contribution in [2.75, 3.05) is 26.9 Å². The molecule has 2 aromatic carbocycles. The number of Topliss-reactive ketones (excluding diaryl/α,β-unsaturated/α-hetero) is 1. The average molecular weight is 1280 g/mol. The van der Waals surface area contributed by atoms with Crippen LogP contribution in [0.2, 0.25) is 0 Å². The predicted molar refractivity (Wildman–Crippen MR) is 311 cm³/mol. The molecule has 0 radical (unpaired) electrons. The first-order valence-corrected chi connectivity index (χ1v) is 30.2. The Kier molecular flexibility index (Phi) is 21.3. The summed E-state index contributed by atoms with van der Waals surface area (Å²) in [6.07, 6.45) is -24.1. The van der Waals surface area contributed by atoms with Crippen LogP contribution >= 0.6 is 0 Å². The van der Waals surface area contributed by atoms with E-state index in [9.17, 15) is 59.4 Å². The Labute approximate surface area is 525 Å². The van der Waals surface area contributed by atoms with Crippen LogP contribution in [-0.2, 0) is 80.9 Å². The third kappa shape index (κ3) is 13.8. The second kappa shape index (κ2) is 27.6. The van der Waals surface area contributed by atoms with Gasteiger partial charge in [0.25, 0.3) is 0 Å². The van der Waals surface area contributed by atoms with E-state index < -0.39 is 224 Å². The fraction of sp³-hybridized carbons (Fsp3) is 0.651. The van der Waals surface area contributed by atoms with Gasteiger partial charge in [-0.15, -0.1) is 0 Å². The number of ether oxygens (including phenoxy) is 11. The van der Waals surface area contributed by atoms with Gasteiger partial charge in [-0.2, -0.15) is 0 Å². The van der Waals surface area contributed by atoms with Crippen molar-refractivity contribution in [3.63, 3.8) is 0 Å². The zero-order valence-electron chi connectivity index (χ0n) is 52.6. The summed E-state index contributed by atoms with van der Waals surface area (Å²) in [5, 5.41) is 74.8. The van der Waals surface area contributed by atoms with Crippen molar-refractivity contribution in [2.45, 2.75) is 210 Å². The van der Waals surface area contributed by atoms with E-state index in [0.29, 0.717) is 0 Å². The molecule has 21 atom stereocenters. The number of rotatable bonds is 19. The van der Waals surface area contributed by atoms with E-state index in [1.54, 1.807) is 57.2 Å². The molecule has 502 valence electrons. The molecule has 0 aromatic heterocycles. The molecular formula is C63H85N3O25. The SMILES string of the molecule is COC1OC(CO)C(OC2OC(CO)C(C)C(O)C2NC(=O)CCC(=O)OC(C(=O)O[C@H]2C[C@@]3(O)C(OC(=O)c4ccccc4)[C@@H]4[C@@]5(OC(C)=O)CO[C@@H]5C[C@H](O)[C@@]4(C)C(=O)[C@H](OC(C)=O)C(=C2C)C3(C)C)C(NC(=O)OC(C)(C)C)c2ccccc2)C(O)C1N. The number of nitrogens with one attached hydrogen (secondary N) is 2. The van der Waals surface area contributed by atoms with Crippen LogP contribution in [0.3, 0.4) is 0 Å². The number of esters is 5. The molecule has 2 bridgehead atoms. The molecule has 2 aromatic rings. The number of aliphatic hydroxyl groups excluding tert-OH is 5. The molecule has 3 aliphatic carbocycles. The molecule has 13 unspecified atom stereocenters. The summed E-state index contributed by atoms with van der Waals surface area (Å²) in [6, 6.07) is 10.9. The molecule has 3 aliphatic heterocycles. The van der Waals surface area contributed by atoms with Gasteiger partial charge < -0.3 is 99.1 Å². The van der Waals surface area contributed by atoms with Crippen molar-refractivity contribution in [3.8, 4) is 0 Å². The number of alkyl carbamates (subject to hydrolysis) is 1. The Morgan fingerprint density at radius 3 is 2.03 bits per heavy atom. The molecular weight excluding hydrogens is 1200 g/mol. The highest BCUT2D eigenvalue weighted by Gasteiger charge is 2.78. The van der Waals surface area contributed by atoms with Crippen molar-refractivity contribution in [1.29, 1.82) is 0 Å². The number of aliphatic hydroxyl groups is 6. The molecule has 8 rings (SSSR count). The highest BCUT2D eigenvalue weighted by molar-refractivity contribution is 5.96. The lowest BCUT2D eigenvalue weighted by molar-refractivity contribution is -0.346. The van der Waals surface area contributed by atoms with E-state index in [1.807, 2.05) is 0 Å². The molecule has 2 saturated carbocycles. The predicted octanol–water partition coefficient (Wildman–Crippen LogP) is 0.798. The summed E-state index contributed by atoms with van der Waals surface area (Å²) >= 11 is 0. The third-order valence-corrected chi connectivity index (χ3v) is 18.6. The average Bonchev–Trinajstić information content (AvgIpc) is 0.671. The molecule has 3 saturated heterocycles. The van der Waals surface area contributed by atoms with Crippen LogP contribution in [0.4, 0.5) is 4.79 Å². The number of fused-ring (bicyclic) bond motifs is 5. The minimum atomic E-state index is -2.60. The van der Waals surface area contributed by atoms with Crippen LogP contribution < -0.4 is 16.4 Å². The highest BCUT2D eigenvalue weighted by Crippen LogP contribution is 2.64. The maximum atomic E-state index is 15.9. The number of carbonyl (C=O) groups excluding carboxylic acids is 8. The zero-order chi connectivity index (χ0) is 67.0. The maximum absolute atomic E-state index is 15.9. The minimum Gasteiger partial charge on any atom is -0.455 e. The number of hydrogen-bond donors (Lipinski definition) is 9. The van der Waals surface area contributed by atoms with Crippen molar-refractivity contribution >= 4 is 47.6 Å². The Balaban J connectivity index is 1.18. The van der Waals surface area contributed by atoms with E-state index in [2.05, 4.69) is 10.6 Å². The van der Waals surface area contributed by atoms with Gasteiger partial charge in [-0.25, -0.2) is 14.4 Å². The first kappa shape index (κ1) is 70.3. The maximum Gasteiger partial charge on any atom is 0.408 e. The van der Waals surface area contributed by atoms with E-state index in [-0.39, 0.29) is 28.7 Å². The van der Waals surface area contributed by atoms with Crippen molar-refractivity contribution in [1.82, 2.24) is 10.6 Å².